The molecule has 0 atom stereocenters. The van der Waals surface area contributed by atoms with E-state index in [4.69, 9.17) is 0 Å². The van der Waals surface area contributed by atoms with Crippen molar-refractivity contribution < 1.29 is 0 Å². The zero-order valence-corrected chi connectivity index (χ0v) is 13.9. The first-order valence-corrected chi connectivity index (χ1v) is 7.71. The van der Waals surface area contributed by atoms with Crippen LogP contribution in [0.3, 0.4) is 0 Å². The number of hydrogen-bond acceptors (Lipinski definition) is 3. The number of fused-ring (bicyclic) bond motifs is 1. The van der Waals surface area contributed by atoms with Crippen molar-refractivity contribution in [3.63, 3.8) is 0 Å². The van der Waals surface area contributed by atoms with Crippen LogP contribution < -0.4 is 5.32 Å². The van der Waals surface area contributed by atoms with Crippen molar-refractivity contribution >= 4 is 43.2 Å². The summed E-state index contributed by atoms with van der Waals surface area (Å²) >= 11 is 7.08. The molecule has 0 aliphatic rings. The minimum atomic E-state index is 0.684. The van der Waals surface area contributed by atoms with E-state index >= 15 is 0 Å². The Balaban J connectivity index is 1.83. The molecule has 102 valence electrons. The molecular formula is C14H12Br2N4. The van der Waals surface area contributed by atoms with E-state index in [0.29, 0.717) is 6.54 Å². The van der Waals surface area contributed by atoms with Crippen molar-refractivity contribution in [2.75, 3.05) is 5.32 Å². The molecule has 2 heterocycles. The van der Waals surface area contributed by atoms with Crippen LogP contribution in [0.2, 0.25) is 0 Å². The summed E-state index contributed by atoms with van der Waals surface area (Å²) in [6.07, 6.45) is 3.86. The fourth-order valence-electron chi connectivity index (χ4n) is 1.98. The Morgan fingerprint density at radius 2 is 2.00 bits per heavy atom. The third-order valence-corrected chi connectivity index (χ3v) is 4.24. The number of benzene rings is 1. The van der Waals surface area contributed by atoms with Crippen LogP contribution in [-0.4, -0.2) is 14.6 Å². The average Bonchev–Trinajstić information content (AvgIpc) is 2.77. The maximum absolute atomic E-state index is 4.40. The molecule has 1 aromatic carbocycles. The zero-order valence-electron chi connectivity index (χ0n) is 10.8. The van der Waals surface area contributed by atoms with Crippen molar-refractivity contribution in [2.45, 2.75) is 13.5 Å². The predicted octanol–water partition coefficient (Wildman–Crippen LogP) is 4.17. The number of aromatic nitrogens is 3. The lowest BCUT2D eigenvalue weighted by atomic mass is 10.3. The molecule has 0 saturated carbocycles. The highest BCUT2D eigenvalue weighted by molar-refractivity contribution is 9.11. The molecule has 0 saturated heterocycles. The van der Waals surface area contributed by atoms with E-state index in [2.05, 4.69) is 47.3 Å². The van der Waals surface area contributed by atoms with Gasteiger partial charge >= 0.3 is 0 Å². The first-order valence-electron chi connectivity index (χ1n) is 6.12. The molecule has 0 spiro atoms. The Bertz CT molecular complexity index is 747. The lowest BCUT2D eigenvalue weighted by Crippen LogP contribution is -2.03. The molecule has 3 rings (SSSR count). The maximum atomic E-state index is 4.40. The van der Waals surface area contributed by atoms with Gasteiger partial charge in [0.05, 0.1) is 11.4 Å². The first kappa shape index (κ1) is 13.6. The number of aryl methyl sites for hydroxylation is 1. The lowest BCUT2D eigenvalue weighted by Gasteiger charge is -2.10. The summed E-state index contributed by atoms with van der Waals surface area (Å²) in [6, 6.07) is 7.96. The van der Waals surface area contributed by atoms with Gasteiger partial charge in [-0.2, -0.15) is 5.10 Å². The van der Waals surface area contributed by atoms with Crippen molar-refractivity contribution in [1.82, 2.24) is 14.6 Å². The minimum absolute atomic E-state index is 0.684. The lowest BCUT2D eigenvalue weighted by molar-refractivity contribution is 0.895. The maximum Gasteiger partial charge on any atom is 0.155 e. The van der Waals surface area contributed by atoms with Gasteiger partial charge in [0, 0.05) is 39.5 Å². The molecule has 1 N–H and O–H groups in total. The number of nitrogens with one attached hydrogen (secondary N) is 1. The van der Waals surface area contributed by atoms with Gasteiger partial charge in [0.2, 0.25) is 0 Å². The quantitative estimate of drug-likeness (QED) is 0.723. The molecule has 4 nitrogen and oxygen atoms in total. The molecule has 0 amide bonds. The summed E-state index contributed by atoms with van der Waals surface area (Å²) in [5, 5.41) is 7.77. The van der Waals surface area contributed by atoms with E-state index < -0.39 is 0 Å². The van der Waals surface area contributed by atoms with E-state index in [9.17, 15) is 0 Å². The van der Waals surface area contributed by atoms with Gasteiger partial charge < -0.3 is 5.32 Å². The summed E-state index contributed by atoms with van der Waals surface area (Å²) in [4.78, 5) is 4.40. The largest absolute Gasteiger partial charge is 0.379 e. The second-order valence-corrected chi connectivity index (χ2v) is 6.21. The van der Waals surface area contributed by atoms with Crippen molar-refractivity contribution in [3.8, 4) is 0 Å². The Kier molecular flexibility index (Phi) is 3.76. The third kappa shape index (κ3) is 2.71. The first-order chi connectivity index (χ1) is 9.63. The number of anilines is 1. The molecule has 0 aliphatic heterocycles. The van der Waals surface area contributed by atoms with E-state index in [1.165, 1.54) is 0 Å². The molecule has 0 radical (unpaired) electrons. The summed E-state index contributed by atoms with van der Waals surface area (Å²) in [5.41, 5.74) is 3.94. The van der Waals surface area contributed by atoms with Crippen LogP contribution in [0.15, 0.2) is 45.6 Å². The molecule has 0 unspecified atom stereocenters. The second-order valence-electron chi connectivity index (χ2n) is 4.50. The molecule has 0 aliphatic carbocycles. The van der Waals surface area contributed by atoms with E-state index in [1.54, 1.807) is 4.52 Å². The SMILES string of the molecule is Cc1cc2ncc(CNc3c(Br)cccc3Br)cn2n1. The summed E-state index contributed by atoms with van der Waals surface area (Å²) in [7, 11) is 0. The van der Waals surface area contributed by atoms with E-state index in [-0.39, 0.29) is 0 Å². The molecule has 2 aromatic heterocycles. The number of nitrogens with zero attached hydrogens (tertiary/aromatic N) is 3. The Morgan fingerprint density at radius 1 is 1.25 bits per heavy atom. The molecule has 0 fully saturated rings. The Labute approximate surface area is 133 Å². The van der Waals surface area contributed by atoms with E-state index in [1.807, 2.05) is 43.6 Å². The number of para-hydroxylation sites is 1. The normalized spacial score (nSPS) is 10.9. The zero-order chi connectivity index (χ0) is 14.1. The van der Waals surface area contributed by atoms with Gasteiger partial charge in [-0.1, -0.05) is 6.07 Å². The molecule has 0 bridgehead atoms. The van der Waals surface area contributed by atoms with Crippen LogP contribution in [0.5, 0.6) is 0 Å². The summed E-state index contributed by atoms with van der Waals surface area (Å²) in [6.45, 7) is 2.65. The number of rotatable bonds is 3. The van der Waals surface area contributed by atoms with Crippen LogP contribution in [0.1, 0.15) is 11.3 Å². The second kappa shape index (κ2) is 5.54. The number of hydrogen-bond donors (Lipinski definition) is 1. The fraction of sp³-hybridized carbons (Fsp3) is 0.143. The van der Waals surface area contributed by atoms with Gasteiger partial charge in [-0.25, -0.2) is 9.50 Å². The predicted molar refractivity (Wildman–Crippen MR) is 86.9 cm³/mol. The fourth-order valence-corrected chi connectivity index (χ4v) is 3.26. The van der Waals surface area contributed by atoms with Gasteiger partial charge in [-0.15, -0.1) is 0 Å². The topological polar surface area (TPSA) is 42.2 Å². The van der Waals surface area contributed by atoms with Crippen LogP contribution in [0.25, 0.3) is 5.65 Å². The standard InChI is InChI=1S/C14H12Br2N4/c1-9-5-13-17-6-10(8-20(13)19-9)7-18-14-11(15)3-2-4-12(14)16/h2-6,8,18H,7H2,1H3. The van der Waals surface area contributed by atoms with E-state index in [0.717, 1.165) is 31.5 Å². The molecule has 6 heteroatoms. The van der Waals surface area contributed by atoms with Gasteiger partial charge in [0.15, 0.2) is 5.65 Å². The summed E-state index contributed by atoms with van der Waals surface area (Å²) in [5.74, 6) is 0. The monoisotopic (exact) mass is 394 g/mol. The van der Waals surface area contributed by atoms with Crippen LogP contribution in [0.4, 0.5) is 5.69 Å². The average molecular weight is 396 g/mol. The highest BCUT2D eigenvalue weighted by atomic mass is 79.9. The Hall–Kier alpha value is -1.40. The smallest absolute Gasteiger partial charge is 0.155 e. The van der Waals surface area contributed by atoms with Gasteiger partial charge in [0.1, 0.15) is 0 Å². The minimum Gasteiger partial charge on any atom is -0.379 e. The van der Waals surface area contributed by atoms with Crippen molar-refractivity contribution in [1.29, 1.82) is 0 Å². The number of halogens is 2. The Morgan fingerprint density at radius 3 is 2.75 bits per heavy atom. The highest BCUT2D eigenvalue weighted by Crippen LogP contribution is 2.30. The van der Waals surface area contributed by atoms with Gasteiger partial charge in [-0.05, 0) is 50.9 Å². The van der Waals surface area contributed by atoms with Crippen LogP contribution >= 0.6 is 31.9 Å². The highest BCUT2D eigenvalue weighted by Gasteiger charge is 2.05. The van der Waals surface area contributed by atoms with Crippen molar-refractivity contribution in [2.24, 2.45) is 0 Å². The molecule has 3 aromatic rings. The van der Waals surface area contributed by atoms with Crippen LogP contribution in [-0.2, 0) is 6.54 Å². The van der Waals surface area contributed by atoms with Crippen LogP contribution in [0, 0.1) is 6.92 Å². The van der Waals surface area contributed by atoms with Crippen molar-refractivity contribution in [3.05, 3.63) is 56.9 Å². The molecular weight excluding hydrogens is 384 g/mol. The molecule has 20 heavy (non-hydrogen) atoms. The van der Waals surface area contributed by atoms with Gasteiger partial charge in [0.25, 0.3) is 0 Å². The summed E-state index contributed by atoms with van der Waals surface area (Å²) < 4.78 is 3.85. The third-order valence-electron chi connectivity index (χ3n) is 2.92. The van der Waals surface area contributed by atoms with Gasteiger partial charge in [-0.3, -0.25) is 0 Å².